The highest BCUT2D eigenvalue weighted by Gasteiger charge is 2.23. The molecule has 1 aromatic carbocycles. The van der Waals surface area contributed by atoms with E-state index in [1.54, 1.807) is 19.9 Å². The number of anilines is 1. The third kappa shape index (κ3) is 3.61. The van der Waals surface area contributed by atoms with Crippen molar-refractivity contribution in [2.75, 3.05) is 18.1 Å². The van der Waals surface area contributed by atoms with Crippen molar-refractivity contribution in [1.82, 2.24) is 5.32 Å². The standard InChI is InChI=1S/C13H18N2O5/c1-3-15(11-6-9(17)5-4-8(11)2)13(20)14-10(7-16)12(18)19/h4-6,10,16-17H,3,7H2,1-2H3,(H,14,20)(H,18,19)/t10-/m1/s1. The quantitative estimate of drug-likeness (QED) is 0.635. The van der Waals surface area contributed by atoms with E-state index in [1.165, 1.54) is 17.0 Å². The van der Waals surface area contributed by atoms with Crippen LogP contribution in [0.1, 0.15) is 12.5 Å². The van der Waals surface area contributed by atoms with Crippen LogP contribution in [0.15, 0.2) is 18.2 Å². The van der Waals surface area contributed by atoms with E-state index in [1.807, 2.05) is 0 Å². The zero-order chi connectivity index (χ0) is 15.3. The molecule has 0 aliphatic carbocycles. The van der Waals surface area contributed by atoms with E-state index in [0.29, 0.717) is 5.69 Å². The van der Waals surface area contributed by atoms with E-state index in [0.717, 1.165) is 5.56 Å². The number of carboxylic acid groups (broad SMARTS) is 1. The maximum absolute atomic E-state index is 12.1. The smallest absolute Gasteiger partial charge is 0.328 e. The fourth-order valence-electron chi connectivity index (χ4n) is 1.72. The molecule has 0 saturated heterocycles. The molecule has 0 heterocycles. The van der Waals surface area contributed by atoms with Gasteiger partial charge in [-0.15, -0.1) is 0 Å². The number of carbonyl (C=O) groups excluding carboxylic acids is 1. The second kappa shape index (κ2) is 6.76. The third-order valence-electron chi connectivity index (χ3n) is 2.82. The summed E-state index contributed by atoms with van der Waals surface area (Å²) < 4.78 is 0. The van der Waals surface area contributed by atoms with Gasteiger partial charge in [-0.25, -0.2) is 9.59 Å². The highest BCUT2D eigenvalue weighted by molar-refractivity contribution is 5.95. The minimum absolute atomic E-state index is 0.00814. The SMILES string of the molecule is CCN(C(=O)N[C@H](CO)C(=O)O)c1cc(O)ccc1C. The average Bonchev–Trinajstić information content (AvgIpc) is 2.40. The number of aliphatic hydroxyl groups excluding tert-OH is 1. The Labute approximate surface area is 116 Å². The van der Waals surface area contributed by atoms with Crippen molar-refractivity contribution < 1.29 is 24.9 Å². The number of amides is 2. The first-order valence-corrected chi connectivity index (χ1v) is 6.12. The zero-order valence-electron chi connectivity index (χ0n) is 11.3. The van der Waals surface area contributed by atoms with Gasteiger partial charge in [-0.3, -0.25) is 4.90 Å². The maximum atomic E-state index is 12.1. The number of phenolic OH excluding ortho intramolecular Hbond substituents is 1. The monoisotopic (exact) mass is 282 g/mol. The Hall–Kier alpha value is -2.28. The lowest BCUT2D eigenvalue weighted by molar-refractivity contribution is -0.140. The molecule has 7 heteroatoms. The van der Waals surface area contributed by atoms with E-state index in [2.05, 4.69) is 5.32 Å². The molecule has 1 atom stereocenters. The molecule has 0 aromatic heterocycles. The van der Waals surface area contributed by atoms with Crippen molar-refractivity contribution in [3.8, 4) is 5.75 Å². The molecule has 4 N–H and O–H groups in total. The minimum Gasteiger partial charge on any atom is -0.508 e. The molecular formula is C13H18N2O5. The van der Waals surface area contributed by atoms with Crippen LogP contribution in [-0.2, 0) is 4.79 Å². The van der Waals surface area contributed by atoms with Crippen LogP contribution in [0.4, 0.5) is 10.5 Å². The van der Waals surface area contributed by atoms with E-state index in [-0.39, 0.29) is 12.3 Å². The number of benzene rings is 1. The molecule has 0 bridgehead atoms. The summed E-state index contributed by atoms with van der Waals surface area (Å²) >= 11 is 0. The van der Waals surface area contributed by atoms with Crippen molar-refractivity contribution in [3.05, 3.63) is 23.8 Å². The van der Waals surface area contributed by atoms with E-state index in [9.17, 15) is 14.7 Å². The Balaban J connectivity index is 2.98. The summed E-state index contributed by atoms with van der Waals surface area (Å²) in [5.41, 5.74) is 1.24. The van der Waals surface area contributed by atoms with Gasteiger partial charge in [0.2, 0.25) is 0 Å². The number of phenols is 1. The molecule has 2 amide bonds. The first-order valence-electron chi connectivity index (χ1n) is 6.12. The number of aliphatic hydroxyl groups is 1. The number of hydrogen-bond acceptors (Lipinski definition) is 4. The molecule has 0 aliphatic rings. The van der Waals surface area contributed by atoms with Crippen LogP contribution < -0.4 is 10.2 Å². The van der Waals surface area contributed by atoms with Crippen LogP contribution in [0, 0.1) is 6.92 Å². The van der Waals surface area contributed by atoms with Gasteiger partial charge in [0.15, 0.2) is 6.04 Å². The van der Waals surface area contributed by atoms with Gasteiger partial charge in [-0.05, 0) is 25.5 Å². The molecule has 20 heavy (non-hydrogen) atoms. The Morgan fingerprint density at radius 2 is 2.05 bits per heavy atom. The Morgan fingerprint density at radius 3 is 2.55 bits per heavy atom. The Kier molecular flexibility index (Phi) is 5.33. The molecule has 0 fully saturated rings. The number of nitrogens with one attached hydrogen (secondary N) is 1. The number of aromatic hydroxyl groups is 1. The van der Waals surface area contributed by atoms with E-state index in [4.69, 9.17) is 10.2 Å². The predicted octanol–water partition coefficient (Wildman–Crippen LogP) is 0.682. The van der Waals surface area contributed by atoms with Crippen LogP contribution in [0.5, 0.6) is 5.75 Å². The molecule has 0 radical (unpaired) electrons. The summed E-state index contributed by atoms with van der Waals surface area (Å²) in [4.78, 5) is 24.2. The normalized spacial score (nSPS) is 11.8. The second-order valence-corrected chi connectivity index (χ2v) is 4.24. The van der Waals surface area contributed by atoms with Gasteiger partial charge >= 0.3 is 12.0 Å². The topological polar surface area (TPSA) is 110 Å². The number of carboxylic acids is 1. The van der Waals surface area contributed by atoms with Gasteiger partial charge in [0.25, 0.3) is 0 Å². The van der Waals surface area contributed by atoms with E-state index < -0.39 is 24.6 Å². The molecular weight excluding hydrogens is 264 g/mol. The fraction of sp³-hybridized carbons (Fsp3) is 0.385. The van der Waals surface area contributed by atoms with Gasteiger partial charge in [0, 0.05) is 12.6 Å². The summed E-state index contributed by atoms with van der Waals surface area (Å²) in [7, 11) is 0. The lowest BCUT2D eigenvalue weighted by Crippen LogP contribution is -2.49. The first-order chi connectivity index (χ1) is 9.40. The maximum Gasteiger partial charge on any atom is 0.328 e. The van der Waals surface area contributed by atoms with E-state index >= 15 is 0 Å². The highest BCUT2D eigenvalue weighted by Crippen LogP contribution is 2.24. The molecule has 0 spiro atoms. The lowest BCUT2D eigenvalue weighted by atomic mass is 10.1. The number of hydrogen-bond donors (Lipinski definition) is 4. The zero-order valence-corrected chi connectivity index (χ0v) is 11.3. The summed E-state index contributed by atoms with van der Waals surface area (Å²) in [5, 5.41) is 29.4. The van der Waals surface area contributed by atoms with Gasteiger partial charge in [0.05, 0.1) is 12.3 Å². The Bertz CT molecular complexity index is 504. The number of aryl methyl sites for hydroxylation is 1. The molecule has 7 nitrogen and oxygen atoms in total. The van der Waals surface area contributed by atoms with Crippen molar-refractivity contribution in [2.24, 2.45) is 0 Å². The minimum atomic E-state index is -1.37. The molecule has 1 rings (SSSR count). The number of carbonyl (C=O) groups is 2. The van der Waals surface area contributed by atoms with Crippen LogP contribution >= 0.6 is 0 Å². The van der Waals surface area contributed by atoms with Gasteiger partial charge < -0.3 is 20.6 Å². The summed E-state index contributed by atoms with van der Waals surface area (Å²) in [6.45, 7) is 3.08. The number of rotatable bonds is 5. The van der Waals surface area contributed by atoms with Crippen molar-refractivity contribution >= 4 is 17.7 Å². The van der Waals surface area contributed by atoms with Crippen LogP contribution in [0.3, 0.4) is 0 Å². The fourth-order valence-corrected chi connectivity index (χ4v) is 1.72. The number of nitrogens with zero attached hydrogens (tertiary/aromatic N) is 1. The van der Waals surface area contributed by atoms with Crippen molar-refractivity contribution in [3.63, 3.8) is 0 Å². The van der Waals surface area contributed by atoms with Crippen LogP contribution in [0.2, 0.25) is 0 Å². The largest absolute Gasteiger partial charge is 0.508 e. The van der Waals surface area contributed by atoms with Crippen LogP contribution in [0.25, 0.3) is 0 Å². The van der Waals surface area contributed by atoms with Gasteiger partial charge in [-0.1, -0.05) is 6.07 Å². The molecule has 110 valence electrons. The number of aliphatic carboxylic acids is 1. The number of urea groups is 1. The van der Waals surface area contributed by atoms with Crippen molar-refractivity contribution in [2.45, 2.75) is 19.9 Å². The highest BCUT2D eigenvalue weighted by atomic mass is 16.4. The summed E-state index contributed by atoms with van der Waals surface area (Å²) in [5.74, 6) is -1.31. The molecule has 0 saturated carbocycles. The van der Waals surface area contributed by atoms with Crippen LogP contribution in [-0.4, -0.2) is 46.5 Å². The Morgan fingerprint density at radius 1 is 1.40 bits per heavy atom. The molecule has 0 aliphatic heterocycles. The molecule has 1 aromatic rings. The van der Waals surface area contributed by atoms with Gasteiger partial charge in [0.1, 0.15) is 5.75 Å². The third-order valence-corrected chi connectivity index (χ3v) is 2.82. The van der Waals surface area contributed by atoms with Gasteiger partial charge in [-0.2, -0.15) is 0 Å². The first kappa shape index (κ1) is 15.8. The van der Waals surface area contributed by atoms with Crippen molar-refractivity contribution in [1.29, 1.82) is 0 Å². The predicted molar refractivity (Wildman–Crippen MR) is 72.9 cm³/mol. The average molecular weight is 282 g/mol. The summed E-state index contributed by atoms with van der Waals surface area (Å²) in [6.07, 6.45) is 0. The lowest BCUT2D eigenvalue weighted by Gasteiger charge is -2.25. The second-order valence-electron chi connectivity index (χ2n) is 4.24. The summed E-state index contributed by atoms with van der Waals surface area (Å²) in [6, 6.07) is 2.56. The molecule has 0 unspecified atom stereocenters.